The standard InChI is InChI=1S/C11H16ClN3O3S/c1-11(2,3)14-10(16)15-19(17,18)9-5-4-7(12)6-8(9)13/h4-6H,13H2,1-3H3,(H2,14,15,16). The summed E-state index contributed by atoms with van der Waals surface area (Å²) >= 11 is 5.69. The van der Waals surface area contributed by atoms with Crippen molar-refractivity contribution in [3.05, 3.63) is 23.2 Å². The van der Waals surface area contributed by atoms with Crippen LogP contribution in [0.25, 0.3) is 0 Å². The maximum Gasteiger partial charge on any atom is 0.329 e. The van der Waals surface area contributed by atoms with E-state index in [1.807, 2.05) is 4.72 Å². The van der Waals surface area contributed by atoms with E-state index in [4.69, 9.17) is 17.3 Å². The number of carbonyl (C=O) groups is 1. The molecule has 0 heterocycles. The van der Waals surface area contributed by atoms with Crippen LogP contribution in [0.1, 0.15) is 20.8 Å². The highest BCUT2D eigenvalue weighted by Crippen LogP contribution is 2.22. The number of carbonyl (C=O) groups excluding carboxylic acids is 1. The summed E-state index contributed by atoms with van der Waals surface area (Å²) in [5, 5.41) is 2.80. The molecule has 0 saturated heterocycles. The topological polar surface area (TPSA) is 101 Å². The van der Waals surface area contributed by atoms with Crippen LogP contribution in [0.2, 0.25) is 5.02 Å². The molecule has 0 bridgehead atoms. The lowest BCUT2D eigenvalue weighted by atomic mass is 10.1. The van der Waals surface area contributed by atoms with Gasteiger partial charge in [-0.3, -0.25) is 0 Å². The quantitative estimate of drug-likeness (QED) is 0.724. The molecule has 6 nitrogen and oxygen atoms in total. The molecule has 1 aromatic carbocycles. The SMILES string of the molecule is CC(C)(C)NC(=O)NS(=O)(=O)c1ccc(Cl)cc1N. The average Bonchev–Trinajstić information content (AvgIpc) is 2.11. The summed E-state index contributed by atoms with van der Waals surface area (Å²) in [6, 6.07) is 3.11. The van der Waals surface area contributed by atoms with Crippen molar-refractivity contribution in [3.8, 4) is 0 Å². The summed E-state index contributed by atoms with van der Waals surface area (Å²) in [5.41, 5.74) is 5.00. The summed E-state index contributed by atoms with van der Waals surface area (Å²) in [6.45, 7) is 5.20. The number of urea groups is 1. The Morgan fingerprint density at radius 2 is 1.89 bits per heavy atom. The van der Waals surface area contributed by atoms with Gasteiger partial charge in [0.15, 0.2) is 0 Å². The number of halogens is 1. The van der Waals surface area contributed by atoms with Gasteiger partial charge in [0.1, 0.15) is 4.90 Å². The lowest BCUT2D eigenvalue weighted by molar-refractivity contribution is 0.237. The van der Waals surface area contributed by atoms with Gasteiger partial charge in [0.2, 0.25) is 0 Å². The maximum absolute atomic E-state index is 12.0. The van der Waals surface area contributed by atoms with Gasteiger partial charge in [-0.2, -0.15) is 0 Å². The number of benzene rings is 1. The van der Waals surface area contributed by atoms with E-state index in [0.29, 0.717) is 5.02 Å². The molecule has 0 atom stereocenters. The first-order chi connectivity index (χ1) is 8.51. The van der Waals surface area contributed by atoms with Crippen molar-refractivity contribution >= 4 is 33.3 Å². The van der Waals surface area contributed by atoms with Crippen molar-refractivity contribution < 1.29 is 13.2 Å². The molecule has 0 spiro atoms. The van der Waals surface area contributed by atoms with E-state index in [0.717, 1.165) is 0 Å². The van der Waals surface area contributed by atoms with Crippen molar-refractivity contribution in [2.24, 2.45) is 0 Å². The molecule has 19 heavy (non-hydrogen) atoms. The molecule has 0 radical (unpaired) electrons. The summed E-state index contributed by atoms with van der Waals surface area (Å²) in [4.78, 5) is 11.4. The first-order valence-electron chi connectivity index (χ1n) is 5.41. The molecule has 1 rings (SSSR count). The van der Waals surface area contributed by atoms with E-state index in [-0.39, 0.29) is 10.6 Å². The summed E-state index contributed by atoms with van der Waals surface area (Å²) in [7, 11) is -4.03. The minimum Gasteiger partial charge on any atom is -0.398 e. The van der Waals surface area contributed by atoms with Gasteiger partial charge in [0.05, 0.1) is 5.69 Å². The number of hydrogen-bond acceptors (Lipinski definition) is 4. The Labute approximate surface area is 117 Å². The van der Waals surface area contributed by atoms with Crippen LogP contribution in [0.5, 0.6) is 0 Å². The van der Waals surface area contributed by atoms with E-state index >= 15 is 0 Å². The number of hydrogen-bond donors (Lipinski definition) is 3. The number of rotatable bonds is 2. The normalized spacial score (nSPS) is 12.0. The van der Waals surface area contributed by atoms with Crippen LogP contribution < -0.4 is 15.8 Å². The highest BCUT2D eigenvalue weighted by atomic mass is 35.5. The first kappa shape index (κ1) is 15.6. The zero-order chi connectivity index (χ0) is 14.8. The Hall–Kier alpha value is -1.47. The zero-order valence-corrected chi connectivity index (χ0v) is 12.4. The van der Waals surface area contributed by atoms with Crippen LogP contribution in [0.15, 0.2) is 23.1 Å². The maximum atomic E-state index is 12.0. The number of nitrogen functional groups attached to an aromatic ring is 1. The van der Waals surface area contributed by atoms with Gasteiger partial charge in [0.25, 0.3) is 10.0 Å². The van der Waals surface area contributed by atoms with Gasteiger partial charge in [-0.05, 0) is 39.0 Å². The third-order valence-electron chi connectivity index (χ3n) is 1.98. The molecule has 0 unspecified atom stereocenters. The van der Waals surface area contributed by atoms with Crippen LogP contribution in [-0.2, 0) is 10.0 Å². The zero-order valence-electron chi connectivity index (χ0n) is 10.8. The number of amides is 2. The largest absolute Gasteiger partial charge is 0.398 e. The third kappa shape index (κ3) is 4.60. The second-order valence-electron chi connectivity index (χ2n) is 4.99. The van der Waals surface area contributed by atoms with Crippen molar-refractivity contribution in [1.29, 1.82) is 0 Å². The number of nitrogens with one attached hydrogen (secondary N) is 2. The fourth-order valence-corrected chi connectivity index (χ4v) is 2.51. The van der Waals surface area contributed by atoms with Gasteiger partial charge >= 0.3 is 6.03 Å². The van der Waals surface area contributed by atoms with E-state index < -0.39 is 21.6 Å². The molecular formula is C11H16ClN3O3S. The Morgan fingerprint density at radius 3 is 2.37 bits per heavy atom. The molecule has 4 N–H and O–H groups in total. The monoisotopic (exact) mass is 305 g/mol. The van der Waals surface area contributed by atoms with Gasteiger partial charge in [-0.25, -0.2) is 17.9 Å². The van der Waals surface area contributed by atoms with Crippen molar-refractivity contribution in [2.75, 3.05) is 5.73 Å². The van der Waals surface area contributed by atoms with Crippen molar-refractivity contribution in [3.63, 3.8) is 0 Å². The Morgan fingerprint density at radius 1 is 1.32 bits per heavy atom. The second-order valence-corrected chi connectivity index (χ2v) is 7.08. The van der Waals surface area contributed by atoms with Crippen LogP contribution in [0.3, 0.4) is 0 Å². The van der Waals surface area contributed by atoms with Crippen LogP contribution >= 0.6 is 11.6 Å². The Balaban J connectivity index is 2.96. The molecule has 0 aliphatic heterocycles. The van der Waals surface area contributed by atoms with Gasteiger partial charge in [0, 0.05) is 10.6 Å². The van der Waals surface area contributed by atoms with Crippen molar-refractivity contribution in [1.82, 2.24) is 10.0 Å². The van der Waals surface area contributed by atoms with Crippen LogP contribution in [-0.4, -0.2) is 20.0 Å². The minimum absolute atomic E-state index is 0.0245. The lowest BCUT2D eigenvalue weighted by Crippen LogP contribution is -2.48. The molecule has 0 fully saturated rings. The average molecular weight is 306 g/mol. The van der Waals surface area contributed by atoms with Gasteiger partial charge in [-0.1, -0.05) is 11.6 Å². The molecule has 0 aromatic heterocycles. The Bertz CT molecular complexity index is 594. The second kappa shape index (κ2) is 5.26. The summed E-state index contributed by atoms with van der Waals surface area (Å²) in [5.74, 6) is 0. The van der Waals surface area contributed by atoms with E-state index in [9.17, 15) is 13.2 Å². The minimum atomic E-state index is -4.03. The molecule has 1 aromatic rings. The summed E-state index contributed by atoms with van der Waals surface area (Å²) in [6.07, 6.45) is 0. The van der Waals surface area contributed by atoms with Crippen LogP contribution in [0.4, 0.5) is 10.5 Å². The third-order valence-corrected chi connectivity index (χ3v) is 3.62. The highest BCUT2D eigenvalue weighted by Gasteiger charge is 2.22. The number of anilines is 1. The number of nitrogens with two attached hydrogens (primary N) is 1. The van der Waals surface area contributed by atoms with E-state index in [1.54, 1.807) is 20.8 Å². The van der Waals surface area contributed by atoms with E-state index in [1.165, 1.54) is 18.2 Å². The Kier molecular flexibility index (Phi) is 4.32. The first-order valence-corrected chi connectivity index (χ1v) is 7.27. The van der Waals surface area contributed by atoms with Crippen molar-refractivity contribution in [2.45, 2.75) is 31.2 Å². The highest BCUT2D eigenvalue weighted by molar-refractivity contribution is 7.90. The molecule has 8 heteroatoms. The predicted molar refractivity (Wildman–Crippen MR) is 74.5 cm³/mol. The lowest BCUT2D eigenvalue weighted by Gasteiger charge is -2.20. The molecule has 0 aliphatic rings. The van der Waals surface area contributed by atoms with Gasteiger partial charge in [-0.15, -0.1) is 0 Å². The number of sulfonamides is 1. The molecule has 106 valence electrons. The molecular weight excluding hydrogens is 290 g/mol. The van der Waals surface area contributed by atoms with E-state index in [2.05, 4.69) is 5.32 Å². The van der Waals surface area contributed by atoms with Gasteiger partial charge < -0.3 is 11.1 Å². The van der Waals surface area contributed by atoms with Crippen LogP contribution in [0, 0.1) is 0 Å². The fraction of sp³-hybridized carbons (Fsp3) is 0.364. The predicted octanol–water partition coefficient (Wildman–Crippen LogP) is 1.71. The molecule has 2 amide bonds. The smallest absolute Gasteiger partial charge is 0.329 e. The molecule has 0 saturated carbocycles. The summed E-state index contributed by atoms with van der Waals surface area (Å²) < 4.78 is 25.8. The fourth-order valence-electron chi connectivity index (χ4n) is 1.31. The molecule has 0 aliphatic carbocycles.